The van der Waals surface area contributed by atoms with E-state index in [2.05, 4.69) is 39.2 Å². The van der Waals surface area contributed by atoms with E-state index in [9.17, 15) is 14.5 Å². The summed E-state index contributed by atoms with van der Waals surface area (Å²) in [6, 6.07) is 0. The van der Waals surface area contributed by atoms with Gasteiger partial charge in [-0.05, 0) is 44.9 Å². The highest BCUT2D eigenvalue weighted by atomic mass is 31.2. The Morgan fingerprint density at radius 3 is 1.89 bits per heavy atom. The van der Waals surface area contributed by atoms with Crippen LogP contribution in [0.3, 0.4) is 0 Å². The standard InChI is InChI=1S/C42H77O11P/c1-7-11-13-15-16-17-18-19-20-21-22-23-24-26-28-30-38(43)52-41-40(48-34-31-36(47-6)29-27-25-14-12-8-2)39(37(35-46-5)51-42(41)44)53-54(45,49-32-9-3)50-33-10-4/h9-10,17-18,36-37,39-42,44H,3-4,7-8,11-16,19-35H2,1-2,5-6H3/t36-,37-,39-,40+,41-,42?/m1/s1. The number of esters is 1. The van der Waals surface area contributed by atoms with Crippen molar-refractivity contribution in [2.45, 2.75) is 185 Å². The number of ether oxygens (including phenoxy) is 5. The van der Waals surface area contributed by atoms with Gasteiger partial charge in [0.25, 0.3) is 0 Å². The van der Waals surface area contributed by atoms with E-state index in [1.54, 1.807) is 7.11 Å². The fraction of sp³-hybridized carbons (Fsp3) is 0.833. The van der Waals surface area contributed by atoms with E-state index in [0.29, 0.717) is 12.8 Å². The van der Waals surface area contributed by atoms with E-state index in [0.717, 1.165) is 44.9 Å². The third kappa shape index (κ3) is 23.6. The van der Waals surface area contributed by atoms with Gasteiger partial charge in [-0.2, -0.15) is 0 Å². The maximum Gasteiger partial charge on any atom is 0.475 e. The third-order valence-corrected chi connectivity index (χ3v) is 10.9. The van der Waals surface area contributed by atoms with E-state index in [-0.39, 0.29) is 39.0 Å². The molecule has 1 fully saturated rings. The van der Waals surface area contributed by atoms with Crippen LogP contribution in [-0.2, 0) is 46.6 Å². The maximum absolute atomic E-state index is 13.8. The monoisotopic (exact) mass is 789 g/mol. The number of carbonyl (C=O) groups is 1. The lowest BCUT2D eigenvalue weighted by atomic mass is 9.98. The Morgan fingerprint density at radius 1 is 0.759 bits per heavy atom. The number of aliphatic hydroxyl groups excluding tert-OH is 1. The van der Waals surface area contributed by atoms with Crippen molar-refractivity contribution in [3.8, 4) is 0 Å². The lowest BCUT2D eigenvalue weighted by molar-refractivity contribution is -0.297. The van der Waals surface area contributed by atoms with Crippen LogP contribution >= 0.6 is 7.82 Å². The Labute approximate surface area is 328 Å². The average Bonchev–Trinajstić information content (AvgIpc) is 3.16. The largest absolute Gasteiger partial charge is 0.475 e. The number of allylic oxidation sites excluding steroid dienone is 2. The van der Waals surface area contributed by atoms with Crippen molar-refractivity contribution < 1.29 is 51.7 Å². The van der Waals surface area contributed by atoms with Crippen molar-refractivity contribution in [3.63, 3.8) is 0 Å². The molecule has 1 rings (SSSR count). The minimum Gasteiger partial charge on any atom is -0.454 e. The molecule has 1 aliphatic rings. The van der Waals surface area contributed by atoms with Gasteiger partial charge in [0.1, 0.15) is 18.3 Å². The average molecular weight is 789 g/mol. The molecule has 0 spiro atoms. The van der Waals surface area contributed by atoms with Gasteiger partial charge in [0.15, 0.2) is 12.4 Å². The first-order chi connectivity index (χ1) is 26.3. The van der Waals surface area contributed by atoms with Crippen LogP contribution in [0.25, 0.3) is 0 Å². The van der Waals surface area contributed by atoms with Crippen LogP contribution in [0.15, 0.2) is 37.5 Å². The Hall–Kier alpha value is -1.40. The summed E-state index contributed by atoms with van der Waals surface area (Å²) in [5, 5.41) is 11.2. The Bertz CT molecular complexity index is 993. The van der Waals surface area contributed by atoms with Gasteiger partial charge in [-0.15, -0.1) is 13.2 Å². The highest BCUT2D eigenvalue weighted by Crippen LogP contribution is 2.52. The molecule has 6 atom stereocenters. The molecule has 0 amide bonds. The molecule has 0 aromatic rings. The highest BCUT2D eigenvalue weighted by molar-refractivity contribution is 7.48. The van der Waals surface area contributed by atoms with Gasteiger partial charge in [0.2, 0.25) is 0 Å². The van der Waals surface area contributed by atoms with Crippen molar-refractivity contribution in [3.05, 3.63) is 37.5 Å². The third-order valence-electron chi connectivity index (χ3n) is 9.52. The molecule has 54 heavy (non-hydrogen) atoms. The van der Waals surface area contributed by atoms with Crippen LogP contribution in [0, 0.1) is 0 Å². The van der Waals surface area contributed by atoms with Gasteiger partial charge >= 0.3 is 13.8 Å². The number of hydrogen-bond donors (Lipinski definition) is 1. The van der Waals surface area contributed by atoms with Crippen molar-refractivity contribution in [1.29, 1.82) is 0 Å². The molecule has 0 aromatic carbocycles. The van der Waals surface area contributed by atoms with Gasteiger partial charge < -0.3 is 28.8 Å². The second kappa shape index (κ2) is 33.7. The van der Waals surface area contributed by atoms with Crippen molar-refractivity contribution >= 4 is 13.8 Å². The lowest BCUT2D eigenvalue weighted by Gasteiger charge is -2.44. The fourth-order valence-electron chi connectivity index (χ4n) is 6.41. The summed E-state index contributed by atoms with van der Waals surface area (Å²) in [6.45, 7) is 11.6. The van der Waals surface area contributed by atoms with Crippen LogP contribution in [0.1, 0.15) is 149 Å². The number of unbranched alkanes of at least 4 members (excludes halogenated alkanes) is 15. The Kier molecular flexibility index (Phi) is 31.6. The van der Waals surface area contributed by atoms with Crippen LogP contribution in [0.5, 0.6) is 0 Å². The number of carbonyl (C=O) groups excluding carboxylic acids is 1. The zero-order valence-electron chi connectivity index (χ0n) is 34.3. The van der Waals surface area contributed by atoms with E-state index in [1.807, 2.05) is 0 Å². The van der Waals surface area contributed by atoms with E-state index in [1.165, 1.54) is 89.9 Å². The summed E-state index contributed by atoms with van der Waals surface area (Å²) in [5.74, 6) is -0.488. The van der Waals surface area contributed by atoms with Crippen LogP contribution in [0.4, 0.5) is 0 Å². The number of phosphoric ester groups is 1. The number of aliphatic hydroxyl groups is 1. The van der Waals surface area contributed by atoms with Crippen molar-refractivity contribution in [1.82, 2.24) is 0 Å². The molecule has 0 saturated carbocycles. The number of rotatable bonds is 37. The summed E-state index contributed by atoms with van der Waals surface area (Å²) in [7, 11) is -1.09. The summed E-state index contributed by atoms with van der Waals surface area (Å²) in [4.78, 5) is 13.2. The van der Waals surface area contributed by atoms with Gasteiger partial charge in [-0.3, -0.25) is 18.4 Å². The smallest absolute Gasteiger partial charge is 0.454 e. The Balaban J connectivity index is 2.86. The molecule has 1 N–H and O–H groups in total. The number of hydrogen-bond acceptors (Lipinski definition) is 11. The van der Waals surface area contributed by atoms with Crippen molar-refractivity contribution in [2.24, 2.45) is 0 Å². The first kappa shape index (κ1) is 50.6. The van der Waals surface area contributed by atoms with Crippen LogP contribution in [0.2, 0.25) is 0 Å². The summed E-state index contributed by atoms with van der Waals surface area (Å²) in [6.07, 6.45) is 23.7. The molecule has 316 valence electrons. The molecule has 1 unspecified atom stereocenters. The number of phosphoric acid groups is 1. The molecule has 1 heterocycles. The molecular formula is C42H77O11P. The molecule has 11 nitrogen and oxygen atoms in total. The summed E-state index contributed by atoms with van der Waals surface area (Å²) >= 11 is 0. The van der Waals surface area contributed by atoms with Gasteiger partial charge in [0.05, 0.1) is 25.9 Å². The molecule has 0 bridgehead atoms. The molecule has 1 aliphatic heterocycles. The second-order valence-electron chi connectivity index (χ2n) is 14.2. The Morgan fingerprint density at radius 2 is 1.31 bits per heavy atom. The first-order valence-electron chi connectivity index (χ1n) is 20.9. The van der Waals surface area contributed by atoms with E-state index >= 15 is 0 Å². The molecule has 1 saturated heterocycles. The van der Waals surface area contributed by atoms with E-state index < -0.39 is 44.5 Å². The van der Waals surface area contributed by atoms with Crippen LogP contribution < -0.4 is 0 Å². The normalized spacial score (nSPS) is 21.0. The minimum atomic E-state index is -4.24. The topological polar surface area (TPSA) is 128 Å². The van der Waals surface area contributed by atoms with Gasteiger partial charge in [0, 0.05) is 27.2 Å². The molecule has 0 radical (unpaired) electrons. The predicted octanol–water partition coefficient (Wildman–Crippen LogP) is 10.3. The zero-order chi connectivity index (χ0) is 39.7. The highest BCUT2D eigenvalue weighted by Gasteiger charge is 2.52. The van der Waals surface area contributed by atoms with Gasteiger partial charge in [-0.25, -0.2) is 4.57 Å². The zero-order valence-corrected chi connectivity index (χ0v) is 35.2. The summed E-state index contributed by atoms with van der Waals surface area (Å²) < 4.78 is 59.9. The quantitative estimate of drug-likeness (QED) is 0.0280. The molecule has 12 heteroatoms. The molecular weight excluding hydrogens is 711 g/mol. The van der Waals surface area contributed by atoms with E-state index in [4.69, 9.17) is 37.3 Å². The lowest BCUT2D eigenvalue weighted by Crippen LogP contribution is -2.61. The predicted molar refractivity (Wildman–Crippen MR) is 215 cm³/mol. The van der Waals surface area contributed by atoms with Crippen molar-refractivity contribution in [2.75, 3.05) is 40.6 Å². The maximum atomic E-state index is 13.8. The summed E-state index contributed by atoms with van der Waals surface area (Å²) in [5.41, 5.74) is 0. The molecule has 0 aliphatic carbocycles. The van der Waals surface area contributed by atoms with Crippen LogP contribution in [-0.4, -0.2) is 88.5 Å². The number of methoxy groups -OCH3 is 2. The second-order valence-corrected chi connectivity index (χ2v) is 15.8. The first-order valence-corrected chi connectivity index (χ1v) is 22.4. The minimum absolute atomic E-state index is 0.0422. The molecule has 0 aromatic heterocycles. The fourth-order valence-corrected chi connectivity index (χ4v) is 7.74. The SMILES string of the molecule is C=CCOP(=O)(OCC=C)O[C@H]1[C@H](OCC[C@@H](CCCCCCC)OC)[C@@H](OC(=O)CCCCCCCCCC=CCCCCCC)C(O)O[C@@H]1COC. The van der Waals surface area contributed by atoms with Gasteiger partial charge in [-0.1, -0.05) is 122 Å².